The van der Waals surface area contributed by atoms with Gasteiger partial charge in [-0.25, -0.2) is 8.78 Å². The molecule has 0 radical (unpaired) electrons. The van der Waals surface area contributed by atoms with E-state index in [-0.39, 0.29) is 11.1 Å². The molecule has 0 bridgehead atoms. The molecule has 1 heterocycles. The van der Waals surface area contributed by atoms with E-state index in [1.54, 1.807) is 0 Å². The van der Waals surface area contributed by atoms with Gasteiger partial charge in [0.1, 0.15) is 11.6 Å². The van der Waals surface area contributed by atoms with Crippen LogP contribution in [0.25, 0.3) is 0 Å². The fraction of sp³-hybridized carbons (Fsp3) is 0.625. The maximum absolute atomic E-state index is 13.8. The molecule has 1 N–H and O–H groups in total. The van der Waals surface area contributed by atoms with E-state index in [0.29, 0.717) is 18.5 Å². The van der Waals surface area contributed by atoms with Gasteiger partial charge < -0.3 is 5.32 Å². The van der Waals surface area contributed by atoms with Gasteiger partial charge in [-0.1, -0.05) is 6.07 Å². The summed E-state index contributed by atoms with van der Waals surface area (Å²) in [4.78, 5) is 2.20. The van der Waals surface area contributed by atoms with Crippen LogP contribution in [0, 0.1) is 17.6 Å². The fourth-order valence-electron chi connectivity index (χ4n) is 3.24. The summed E-state index contributed by atoms with van der Waals surface area (Å²) in [7, 11) is 0. The average Bonchev–Trinajstić information content (AvgIpc) is 3.23. The summed E-state index contributed by atoms with van der Waals surface area (Å²) in [5.41, 5.74) is 0.285. The van der Waals surface area contributed by atoms with Crippen LogP contribution in [0.4, 0.5) is 8.78 Å². The predicted molar refractivity (Wildman–Crippen MR) is 75.4 cm³/mol. The molecule has 2 nitrogen and oxygen atoms in total. The zero-order chi connectivity index (χ0) is 14.3. The van der Waals surface area contributed by atoms with Gasteiger partial charge in [0.15, 0.2) is 0 Å². The Balaban J connectivity index is 1.78. The van der Waals surface area contributed by atoms with Crippen LogP contribution in [0.2, 0.25) is 0 Å². The van der Waals surface area contributed by atoms with Crippen molar-refractivity contribution in [2.75, 3.05) is 13.1 Å². The van der Waals surface area contributed by atoms with Crippen LogP contribution in [-0.4, -0.2) is 29.6 Å². The number of benzene rings is 1. The minimum Gasteiger partial charge on any atom is -0.308 e. The smallest absolute Gasteiger partial charge is 0.130 e. The second kappa shape index (κ2) is 5.08. The van der Waals surface area contributed by atoms with Gasteiger partial charge in [0.2, 0.25) is 0 Å². The molecule has 1 aromatic carbocycles. The summed E-state index contributed by atoms with van der Waals surface area (Å²) in [6, 6.07) is 4.39. The number of nitrogens with zero attached hydrogens (tertiary/aromatic N) is 1. The first kappa shape index (κ1) is 14.0. The van der Waals surface area contributed by atoms with Gasteiger partial charge in [-0.15, -0.1) is 0 Å². The maximum Gasteiger partial charge on any atom is 0.130 e. The van der Waals surface area contributed by atoms with E-state index in [9.17, 15) is 8.78 Å². The number of halogens is 2. The van der Waals surface area contributed by atoms with Crippen LogP contribution in [0.1, 0.15) is 32.3 Å². The highest BCUT2D eigenvalue weighted by Crippen LogP contribution is 2.41. The lowest BCUT2D eigenvalue weighted by Crippen LogP contribution is -2.62. The van der Waals surface area contributed by atoms with Crippen LogP contribution in [0.15, 0.2) is 18.2 Å². The third-order valence-electron chi connectivity index (χ3n) is 4.86. The standard InChI is InChI=1S/C16H22F2N2/c1-11-8-19-16(2,12-6-7-12)10-20(11)9-13-14(17)4-3-5-15(13)18/h3-5,11-12,19H,6-10H2,1-2H3. The van der Waals surface area contributed by atoms with E-state index in [1.165, 1.54) is 31.0 Å². The van der Waals surface area contributed by atoms with Crippen LogP contribution >= 0.6 is 0 Å². The molecule has 4 heteroatoms. The molecular formula is C16H22F2N2. The first-order valence-electron chi connectivity index (χ1n) is 7.41. The highest BCUT2D eigenvalue weighted by atomic mass is 19.1. The Hall–Kier alpha value is -1.00. The van der Waals surface area contributed by atoms with E-state index in [4.69, 9.17) is 0 Å². The molecule has 3 rings (SSSR count). The van der Waals surface area contributed by atoms with Crippen molar-refractivity contribution in [2.45, 2.75) is 44.8 Å². The van der Waals surface area contributed by atoms with Crippen molar-refractivity contribution in [3.05, 3.63) is 35.4 Å². The highest BCUT2D eigenvalue weighted by molar-refractivity contribution is 5.20. The zero-order valence-electron chi connectivity index (χ0n) is 12.1. The molecule has 2 atom stereocenters. The molecule has 0 spiro atoms. The molecule has 2 fully saturated rings. The third-order valence-corrected chi connectivity index (χ3v) is 4.86. The summed E-state index contributed by atoms with van der Waals surface area (Å²) in [5.74, 6) is -0.171. The van der Waals surface area contributed by atoms with Gasteiger partial charge in [-0.3, -0.25) is 4.90 Å². The molecule has 1 aliphatic carbocycles. The lowest BCUT2D eigenvalue weighted by Gasteiger charge is -2.45. The van der Waals surface area contributed by atoms with Crippen molar-refractivity contribution < 1.29 is 8.78 Å². The Kier molecular flexibility index (Phi) is 3.55. The Morgan fingerprint density at radius 2 is 1.95 bits per heavy atom. The van der Waals surface area contributed by atoms with Crippen molar-refractivity contribution in [1.82, 2.24) is 10.2 Å². The Morgan fingerprint density at radius 3 is 2.55 bits per heavy atom. The van der Waals surface area contributed by atoms with E-state index in [1.807, 2.05) is 0 Å². The molecule has 1 saturated carbocycles. The van der Waals surface area contributed by atoms with Gasteiger partial charge >= 0.3 is 0 Å². The zero-order valence-corrected chi connectivity index (χ0v) is 12.1. The summed E-state index contributed by atoms with van der Waals surface area (Å²) >= 11 is 0. The molecule has 0 amide bonds. The monoisotopic (exact) mass is 280 g/mol. The van der Waals surface area contributed by atoms with E-state index < -0.39 is 11.6 Å². The first-order chi connectivity index (χ1) is 9.49. The van der Waals surface area contributed by atoms with E-state index >= 15 is 0 Å². The third kappa shape index (κ3) is 2.59. The molecule has 0 aromatic heterocycles. The second-order valence-corrected chi connectivity index (χ2v) is 6.53. The molecule has 1 saturated heterocycles. The van der Waals surface area contributed by atoms with Crippen molar-refractivity contribution in [1.29, 1.82) is 0 Å². The quantitative estimate of drug-likeness (QED) is 0.916. The first-order valence-corrected chi connectivity index (χ1v) is 7.41. The van der Waals surface area contributed by atoms with Crippen molar-refractivity contribution >= 4 is 0 Å². The summed E-state index contributed by atoms with van der Waals surface area (Å²) in [6.07, 6.45) is 2.53. The van der Waals surface area contributed by atoms with E-state index in [0.717, 1.165) is 13.1 Å². The summed E-state index contributed by atoms with van der Waals surface area (Å²) in [6.45, 7) is 6.43. The van der Waals surface area contributed by atoms with Gasteiger partial charge in [0.25, 0.3) is 0 Å². The SMILES string of the molecule is CC1CNC(C)(C2CC2)CN1Cc1c(F)cccc1F. The molecule has 2 aliphatic rings. The topological polar surface area (TPSA) is 15.3 Å². The lowest BCUT2D eigenvalue weighted by molar-refractivity contribution is 0.0751. The fourth-order valence-corrected chi connectivity index (χ4v) is 3.24. The van der Waals surface area contributed by atoms with Gasteiger partial charge in [0, 0.05) is 36.8 Å². The molecular weight excluding hydrogens is 258 g/mol. The molecule has 1 aliphatic heterocycles. The second-order valence-electron chi connectivity index (χ2n) is 6.53. The number of hydrogen-bond donors (Lipinski definition) is 1. The molecule has 2 unspecified atom stereocenters. The number of hydrogen-bond acceptors (Lipinski definition) is 2. The molecule has 20 heavy (non-hydrogen) atoms. The van der Waals surface area contributed by atoms with Gasteiger partial charge in [-0.05, 0) is 44.7 Å². The van der Waals surface area contributed by atoms with Crippen LogP contribution in [0.3, 0.4) is 0 Å². The highest BCUT2D eigenvalue weighted by Gasteiger charge is 2.45. The average molecular weight is 280 g/mol. The molecule has 110 valence electrons. The van der Waals surface area contributed by atoms with Crippen molar-refractivity contribution in [2.24, 2.45) is 5.92 Å². The minimum atomic E-state index is -0.441. The van der Waals surface area contributed by atoms with Crippen LogP contribution in [0.5, 0.6) is 0 Å². The minimum absolute atomic E-state index is 0.0915. The number of nitrogens with one attached hydrogen (secondary N) is 1. The van der Waals surface area contributed by atoms with Crippen molar-refractivity contribution in [3.63, 3.8) is 0 Å². The summed E-state index contributed by atoms with van der Waals surface area (Å²) < 4.78 is 27.6. The van der Waals surface area contributed by atoms with Gasteiger partial charge in [-0.2, -0.15) is 0 Å². The normalized spacial score (nSPS) is 31.5. The largest absolute Gasteiger partial charge is 0.308 e. The number of rotatable bonds is 3. The predicted octanol–water partition coefficient (Wildman–Crippen LogP) is 2.93. The van der Waals surface area contributed by atoms with Crippen LogP contribution < -0.4 is 5.32 Å². The van der Waals surface area contributed by atoms with Gasteiger partial charge in [0.05, 0.1) is 0 Å². The summed E-state index contributed by atoms with van der Waals surface area (Å²) in [5, 5.41) is 3.62. The maximum atomic E-state index is 13.8. The Labute approximate surface area is 119 Å². The van der Waals surface area contributed by atoms with Crippen molar-refractivity contribution in [3.8, 4) is 0 Å². The van der Waals surface area contributed by atoms with Crippen LogP contribution in [-0.2, 0) is 6.54 Å². The van der Waals surface area contributed by atoms with E-state index in [2.05, 4.69) is 24.1 Å². The Morgan fingerprint density at radius 1 is 1.30 bits per heavy atom. The Bertz CT molecular complexity index is 481. The number of piperazine rings is 1. The molecule has 1 aromatic rings. The lowest BCUT2D eigenvalue weighted by atomic mass is 9.91.